The Bertz CT molecular complexity index is 1210. The van der Waals surface area contributed by atoms with Crippen LogP contribution in [0.4, 0.5) is 13.2 Å². The maximum absolute atomic E-state index is 12.7. The van der Waals surface area contributed by atoms with Gasteiger partial charge in [0.2, 0.25) is 0 Å². The van der Waals surface area contributed by atoms with E-state index in [-0.39, 0.29) is 11.7 Å². The van der Waals surface area contributed by atoms with Gasteiger partial charge >= 0.3 is 6.18 Å². The molecular weight excluding hydrogens is 405 g/mol. The Morgan fingerprint density at radius 1 is 0.935 bits per heavy atom. The Morgan fingerprint density at radius 3 is 2.45 bits per heavy atom. The summed E-state index contributed by atoms with van der Waals surface area (Å²) in [7, 11) is 0. The number of halogens is 3. The van der Waals surface area contributed by atoms with Crippen LogP contribution in [0, 0.1) is 0 Å². The highest BCUT2D eigenvalue weighted by Crippen LogP contribution is 2.33. The van der Waals surface area contributed by atoms with Gasteiger partial charge in [-0.3, -0.25) is 9.78 Å². The van der Waals surface area contributed by atoms with Crippen LogP contribution in [0.1, 0.15) is 21.6 Å². The number of pyridine rings is 1. The van der Waals surface area contributed by atoms with Crippen LogP contribution < -0.4 is 10.1 Å². The van der Waals surface area contributed by atoms with Crippen molar-refractivity contribution >= 4 is 16.7 Å². The predicted octanol–water partition coefficient (Wildman–Crippen LogP) is 5.98. The molecular formula is C24H17F3N2O2. The van der Waals surface area contributed by atoms with E-state index in [0.717, 1.165) is 28.6 Å². The van der Waals surface area contributed by atoms with Gasteiger partial charge < -0.3 is 10.1 Å². The minimum absolute atomic E-state index is 0.235. The van der Waals surface area contributed by atoms with Gasteiger partial charge in [-0.05, 0) is 66.0 Å². The highest BCUT2D eigenvalue weighted by molar-refractivity contribution is 5.99. The summed E-state index contributed by atoms with van der Waals surface area (Å²) >= 11 is 0. The number of carbonyl (C=O) groups is 1. The number of ether oxygens (including phenoxy) is 1. The van der Waals surface area contributed by atoms with Crippen LogP contribution in [0.2, 0.25) is 0 Å². The van der Waals surface area contributed by atoms with Gasteiger partial charge in [0.1, 0.15) is 11.5 Å². The quantitative estimate of drug-likeness (QED) is 0.431. The maximum atomic E-state index is 12.7. The van der Waals surface area contributed by atoms with Gasteiger partial charge in [-0.2, -0.15) is 13.2 Å². The van der Waals surface area contributed by atoms with E-state index in [1.165, 1.54) is 12.1 Å². The van der Waals surface area contributed by atoms with Crippen molar-refractivity contribution in [1.82, 2.24) is 10.3 Å². The molecule has 156 valence electrons. The second-order valence-electron chi connectivity index (χ2n) is 6.82. The molecule has 0 fully saturated rings. The number of aromatic nitrogens is 1. The number of nitrogens with one attached hydrogen (secondary N) is 1. The zero-order valence-electron chi connectivity index (χ0n) is 16.2. The van der Waals surface area contributed by atoms with E-state index in [4.69, 9.17) is 4.74 Å². The summed E-state index contributed by atoms with van der Waals surface area (Å²) in [6.07, 6.45) is -2.73. The molecule has 7 heteroatoms. The molecule has 0 aliphatic heterocycles. The highest BCUT2D eigenvalue weighted by Gasteiger charge is 2.30. The SMILES string of the molecule is O=C(NCc1ccccn1)c1ccc2c(Oc3ccc(C(F)(F)F)cc3)cccc2c1. The molecule has 0 bridgehead atoms. The number of amides is 1. The van der Waals surface area contributed by atoms with Crippen molar-refractivity contribution in [2.45, 2.75) is 12.7 Å². The van der Waals surface area contributed by atoms with E-state index in [1.807, 2.05) is 18.2 Å². The number of alkyl halides is 3. The Hall–Kier alpha value is -3.87. The van der Waals surface area contributed by atoms with Crippen molar-refractivity contribution in [3.63, 3.8) is 0 Å². The van der Waals surface area contributed by atoms with Gasteiger partial charge in [-0.25, -0.2) is 0 Å². The molecule has 0 atom stereocenters. The average Bonchev–Trinajstić information content (AvgIpc) is 2.78. The Kier molecular flexibility index (Phi) is 5.58. The van der Waals surface area contributed by atoms with Gasteiger partial charge in [0.15, 0.2) is 0 Å². The van der Waals surface area contributed by atoms with Crippen molar-refractivity contribution in [3.05, 3.63) is 102 Å². The van der Waals surface area contributed by atoms with Gasteiger partial charge in [-0.15, -0.1) is 0 Å². The predicted molar refractivity (Wildman–Crippen MR) is 111 cm³/mol. The number of carbonyl (C=O) groups excluding carboxylic acids is 1. The van der Waals surface area contributed by atoms with Crippen LogP contribution in [0.5, 0.6) is 11.5 Å². The normalized spacial score (nSPS) is 11.3. The summed E-state index contributed by atoms with van der Waals surface area (Å²) in [5, 5.41) is 4.34. The summed E-state index contributed by atoms with van der Waals surface area (Å²) < 4.78 is 44.0. The lowest BCUT2D eigenvalue weighted by atomic mass is 10.1. The third kappa shape index (κ3) is 4.83. The number of rotatable bonds is 5. The van der Waals surface area contributed by atoms with Gasteiger partial charge in [0.05, 0.1) is 17.8 Å². The van der Waals surface area contributed by atoms with Crippen molar-refractivity contribution in [1.29, 1.82) is 0 Å². The molecule has 3 aromatic carbocycles. The van der Waals surface area contributed by atoms with Crippen LogP contribution in [0.25, 0.3) is 10.8 Å². The first-order valence-corrected chi connectivity index (χ1v) is 9.46. The first-order valence-electron chi connectivity index (χ1n) is 9.46. The maximum Gasteiger partial charge on any atom is 0.416 e. The van der Waals surface area contributed by atoms with E-state index in [2.05, 4.69) is 10.3 Å². The van der Waals surface area contributed by atoms with Crippen molar-refractivity contribution in [2.75, 3.05) is 0 Å². The third-order valence-corrected chi connectivity index (χ3v) is 4.67. The third-order valence-electron chi connectivity index (χ3n) is 4.67. The molecule has 0 saturated carbocycles. The topological polar surface area (TPSA) is 51.2 Å². The molecule has 0 unspecified atom stereocenters. The second-order valence-corrected chi connectivity index (χ2v) is 6.82. The first kappa shape index (κ1) is 20.4. The molecule has 31 heavy (non-hydrogen) atoms. The molecule has 0 spiro atoms. The summed E-state index contributed by atoms with van der Waals surface area (Å²) in [4.78, 5) is 16.7. The summed E-state index contributed by atoms with van der Waals surface area (Å²) in [5.41, 5.74) is 0.498. The fourth-order valence-corrected chi connectivity index (χ4v) is 3.10. The standard InChI is InChI=1S/C24H17F3N2O2/c25-24(26,27)18-8-10-20(11-9-18)31-22-6-3-4-16-14-17(7-12-21(16)22)23(30)29-15-19-5-1-2-13-28-19/h1-14H,15H2,(H,29,30). The molecule has 0 radical (unpaired) electrons. The van der Waals surface area contributed by atoms with Gasteiger partial charge in [0, 0.05) is 17.1 Å². The largest absolute Gasteiger partial charge is 0.457 e. The van der Waals surface area contributed by atoms with E-state index < -0.39 is 11.7 Å². The molecule has 1 amide bonds. The number of benzene rings is 3. The molecule has 0 aliphatic rings. The van der Waals surface area contributed by atoms with E-state index in [0.29, 0.717) is 17.9 Å². The molecule has 4 nitrogen and oxygen atoms in total. The van der Waals surface area contributed by atoms with E-state index in [1.54, 1.807) is 42.6 Å². The minimum atomic E-state index is -4.40. The zero-order valence-corrected chi connectivity index (χ0v) is 16.2. The average molecular weight is 422 g/mol. The van der Waals surface area contributed by atoms with Crippen LogP contribution in [0.3, 0.4) is 0 Å². The Balaban J connectivity index is 1.52. The Labute approximate surface area is 176 Å². The zero-order chi connectivity index (χ0) is 21.8. The van der Waals surface area contributed by atoms with E-state index >= 15 is 0 Å². The summed E-state index contributed by atoms with van der Waals surface area (Å²) in [5.74, 6) is 0.539. The van der Waals surface area contributed by atoms with Crippen LogP contribution in [-0.2, 0) is 12.7 Å². The highest BCUT2D eigenvalue weighted by atomic mass is 19.4. The number of hydrogen-bond donors (Lipinski definition) is 1. The first-order chi connectivity index (χ1) is 14.9. The summed E-state index contributed by atoms with van der Waals surface area (Å²) in [6, 6.07) is 20.5. The van der Waals surface area contributed by atoms with E-state index in [9.17, 15) is 18.0 Å². The summed E-state index contributed by atoms with van der Waals surface area (Å²) in [6.45, 7) is 0.314. The lowest BCUT2D eigenvalue weighted by Gasteiger charge is -2.12. The lowest BCUT2D eigenvalue weighted by molar-refractivity contribution is -0.137. The molecule has 1 heterocycles. The van der Waals surface area contributed by atoms with Gasteiger partial charge in [0.25, 0.3) is 5.91 Å². The minimum Gasteiger partial charge on any atom is -0.457 e. The van der Waals surface area contributed by atoms with Crippen LogP contribution >= 0.6 is 0 Å². The number of hydrogen-bond acceptors (Lipinski definition) is 3. The van der Waals surface area contributed by atoms with Crippen LogP contribution in [-0.4, -0.2) is 10.9 Å². The second kappa shape index (κ2) is 8.47. The fourth-order valence-electron chi connectivity index (χ4n) is 3.10. The van der Waals surface area contributed by atoms with Gasteiger partial charge in [-0.1, -0.05) is 18.2 Å². The van der Waals surface area contributed by atoms with Crippen molar-refractivity contribution < 1.29 is 22.7 Å². The molecule has 0 aliphatic carbocycles. The monoisotopic (exact) mass is 422 g/mol. The molecule has 4 rings (SSSR count). The number of fused-ring (bicyclic) bond motifs is 1. The molecule has 1 aromatic heterocycles. The lowest BCUT2D eigenvalue weighted by Crippen LogP contribution is -2.23. The fraction of sp³-hybridized carbons (Fsp3) is 0.0833. The van der Waals surface area contributed by atoms with Crippen LogP contribution in [0.15, 0.2) is 85.1 Å². The van der Waals surface area contributed by atoms with Crippen molar-refractivity contribution in [2.24, 2.45) is 0 Å². The molecule has 1 N–H and O–H groups in total. The number of nitrogens with zero attached hydrogens (tertiary/aromatic N) is 1. The smallest absolute Gasteiger partial charge is 0.416 e. The molecule has 4 aromatic rings. The Morgan fingerprint density at radius 2 is 1.74 bits per heavy atom. The van der Waals surface area contributed by atoms with Crippen molar-refractivity contribution in [3.8, 4) is 11.5 Å². The molecule has 0 saturated heterocycles.